The number of nitrogens with zero attached hydrogens (tertiary/aromatic N) is 1. The van der Waals surface area contributed by atoms with Gasteiger partial charge in [-0.2, -0.15) is 0 Å². The van der Waals surface area contributed by atoms with E-state index in [9.17, 15) is 14.7 Å². The first-order valence-corrected chi connectivity index (χ1v) is 6.88. The molecule has 1 heterocycles. The van der Waals surface area contributed by atoms with E-state index >= 15 is 0 Å². The maximum absolute atomic E-state index is 11.5. The van der Waals surface area contributed by atoms with E-state index in [0.717, 1.165) is 12.8 Å². The Morgan fingerprint density at radius 2 is 2.15 bits per heavy atom. The molecule has 0 radical (unpaired) electrons. The molecular formula is C14H17ClN2O3. The van der Waals surface area contributed by atoms with Crippen LogP contribution in [0.5, 0.6) is 0 Å². The summed E-state index contributed by atoms with van der Waals surface area (Å²) in [5.41, 5.74) is 6.16. The molecule has 1 aliphatic rings. The van der Waals surface area contributed by atoms with Gasteiger partial charge in [-0.05, 0) is 37.0 Å². The molecule has 0 aromatic heterocycles. The molecule has 1 aliphatic heterocycles. The number of carboxylic acids is 1. The monoisotopic (exact) mass is 296 g/mol. The lowest BCUT2D eigenvalue weighted by molar-refractivity contribution is -0.140. The molecule has 1 aromatic rings. The summed E-state index contributed by atoms with van der Waals surface area (Å²) in [4.78, 5) is 24.5. The van der Waals surface area contributed by atoms with Gasteiger partial charge in [-0.1, -0.05) is 18.5 Å². The predicted molar refractivity (Wildman–Crippen MR) is 77.1 cm³/mol. The number of nitrogens with two attached hydrogens (primary N) is 1. The van der Waals surface area contributed by atoms with Gasteiger partial charge in [-0.25, -0.2) is 4.79 Å². The van der Waals surface area contributed by atoms with Crippen molar-refractivity contribution in [3.05, 3.63) is 28.8 Å². The van der Waals surface area contributed by atoms with Crippen LogP contribution in [0, 0.1) is 5.92 Å². The third kappa shape index (κ3) is 2.72. The summed E-state index contributed by atoms with van der Waals surface area (Å²) >= 11 is 6.03. The Labute approximate surface area is 122 Å². The van der Waals surface area contributed by atoms with Crippen LogP contribution in [-0.4, -0.2) is 29.6 Å². The molecule has 5 nitrogen and oxygen atoms in total. The maximum atomic E-state index is 11.5. The lowest BCUT2D eigenvalue weighted by Crippen LogP contribution is -2.49. The van der Waals surface area contributed by atoms with Crippen molar-refractivity contribution in [2.45, 2.75) is 25.8 Å². The topological polar surface area (TPSA) is 83.6 Å². The van der Waals surface area contributed by atoms with E-state index in [1.807, 2.05) is 11.8 Å². The average molecular weight is 297 g/mol. The highest BCUT2D eigenvalue weighted by Gasteiger charge is 2.34. The zero-order valence-electron chi connectivity index (χ0n) is 11.2. The number of hydrogen-bond donors (Lipinski definition) is 2. The van der Waals surface area contributed by atoms with Crippen molar-refractivity contribution in [3.63, 3.8) is 0 Å². The Morgan fingerprint density at radius 1 is 1.45 bits per heavy atom. The largest absolute Gasteiger partial charge is 0.480 e. The van der Waals surface area contributed by atoms with Crippen LogP contribution in [0.25, 0.3) is 0 Å². The summed E-state index contributed by atoms with van der Waals surface area (Å²) in [6.45, 7) is 2.60. The molecule has 0 saturated carbocycles. The van der Waals surface area contributed by atoms with Crippen molar-refractivity contribution in [2.75, 3.05) is 11.4 Å². The molecule has 2 unspecified atom stereocenters. The number of rotatable bonds is 3. The summed E-state index contributed by atoms with van der Waals surface area (Å²) in [6.07, 6.45) is 1.82. The summed E-state index contributed by atoms with van der Waals surface area (Å²) < 4.78 is 0. The fraction of sp³-hybridized carbons (Fsp3) is 0.429. The van der Waals surface area contributed by atoms with Crippen LogP contribution in [0.15, 0.2) is 18.2 Å². The lowest BCUT2D eigenvalue weighted by atomic mass is 9.90. The van der Waals surface area contributed by atoms with Gasteiger partial charge in [0.2, 0.25) is 5.91 Å². The minimum absolute atomic E-state index is 0.0656. The normalized spacial score (nSPS) is 22.6. The fourth-order valence-electron chi connectivity index (χ4n) is 2.74. The van der Waals surface area contributed by atoms with Crippen molar-refractivity contribution < 1.29 is 14.7 Å². The lowest BCUT2D eigenvalue weighted by Gasteiger charge is -2.39. The van der Waals surface area contributed by atoms with Gasteiger partial charge in [0.1, 0.15) is 6.04 Å². The highest BCUT2D eigenvalue weighted by molar-refractivity contribution is 6.34. The van der Waals surface area contributed by atoms with Gasteiger partial charge in [-0.15, -0.1) is 0 Å². The number of carbonyl (C=O) groups is 2. The minimum atomic E-state index is -0.840. The molecular weight excluding hydrogens is 280 g/mol. The quantitative estimate of drug-likeness (QED) is 0.895. The van der Waals surface area contributed by atoms with Crippen LogP contribution in [0.1, 0.15) is 30.1 Å². The number of piperidine rings is 1. The Kier molecular flexibility index (Phi) is 4.18. The Morgan fingerprint density at radius 3 is 2.70 bits per heavy atom. The molecule has 0 aliphatic carbocycles. The first-order valence-electron chi connectivity index (χ1n) is 6.50. The number of carbonyl (C=O) groups excluding carboxylic acids is 1. The number of amides is 1. The van der Waals surface area contributed by atoms with Crippen LogP contribution < -0.4 is 10.6 Å². The van der Waals surface area contributed by atoms with Gasteiger partial charge in [-0.3, -0.25) is 4.79 Å². The molecule has 0 spiro atoms. The van der Waals surface area contributed by atoms with Gasteiger partial charge in [0, 0.05) is 12.2 Å². The van der Waals surface area contributed by atoms with Gasteiger partial charge < -0.3 is 15.7 Å². The van der Waals surface area contributed by atoms with Crippen molar-refractivity contribution >= 4 is 29.2 Å². The molecule has 2 rings (SSSR count). The van der Waals surface area contributed by atoms with E-state index in [1.54, 1.807) is 12.1 Å². The van der Waals surface area contributed by atoms with Crippen LogP contribution in [0.3, 0.4) is 0 Å². The second-order valence-electron chi connectivity index (χ2n) is 5.12. The van der Waals surface area contributed by atoms with E-state index in [2.05, 4.69) is 0 Å². The molecule has 2 atom stereocenters. The minimum Gasteiger partial charge on any atom is -0.480 e. The Bertz CT molecular complexity index is 547. The van der Waals surface area contributed by atoms with Gasteiger partial charge in [0.15, 0.2) is 0 Å². The number of benzene rings is 1. The van der Waals surface area contributed by atoms with Crippen molar-refractivity contribution in [1.82, 2.24) is 0 Å². The van der Waals surface area contributed by atoms with Crippen LogP contribution in [0.2, 0.25) is 5.02 Å². The molecule has 1 fully saturated rings. The van der Waals surface area contributed by atoms with E-state index in [0.29, 0.717) is 12.2 Å². The molecule has 1 aromatic carbocycles. The van der Waals surface area contributed by atoms with E-state index in [1.165, 1.54) is 6.07 Å². The Balaban J connectivity index is 2.36. The molecule has 108 valence electrons. The number of anilines is 1. The van der Waals surface area contributed by atoms with Crippen LogP contribution in [0.4, 0.5) is 5.69 Å². The predicted octanol–water partition coefficient (Wildman–Crippen LogP) is 2.13. The first-order chi connectivity index (χ1) is 9.41. The number of hydrogen-bond acceptors (Lipinski definition) is 3. The number of halogens is 1. The SMILES string of the molecule is CC1CCCN(c2ccc(C(N)=O)c(Cl)c2)C1C(=O)O. The smallest absolute Gasteiger partial charge is 0.326 e. The standard InChI is InChI=1S/C14H17ClN2O3/c1-8-3-2-6-17(12(8)14(19)20)9-4-5-10(13(16)18)11(15)7-9/h4-5,7-8,12H,2-3,6H2,1H3,(H2,16,18)(H,19,20). The molecule has 3 N–H and O–H groups in total. The first kappa shape index (κ1) is 14.7. The van der Waals surface area contributed by atoms with Gasteiger partial charge >= 0.3 is 5.97 Å². The van der Waals surface area contributed by atoms with Crippen molar-refractivity contribution in [3.8, 4) is 0 Å². The van der Waals surface area contributed by atoms with Crippen LogP contribution in [-0.2, 0) is 4.79 Å². The van der Waals surface area contributed by atoms with E-state index in [-0.39, 0.29) is 16.5 Å². The van der Waals surface area contributed by atoms with E-state index < -0.39 is 17.9 Å². The third-order valence-corrected chi connectivity index (χ3v) is 4.05. The van der Waals surface area contributed by atoms with Crippen molar-refractivity contribution in [2.24, 2.45) is 11.7 Å². The zero-order valence-corrected chi connectivity index (χ0v) is 11.9. The zero-order chi connectivity index (χ0) is 14.9. The fourth-order valence-corrected chi connectivity index (χ4v) is 3.00. The highest BCUT2D eigenvalue weighted by atomic mass is 35.5. The number of primary amides is 1. The number of aliphatic carboxylic acids is 1. The van der Waals surface area contributed by atoms with Crippen LogP contribution >= 0.6 is 11.6 Å². The average Bonchev–Trinajstić information content (AvgIpc) is 2.37. The molecule has 1 saturated heterocycles. The summed E-state index contributed by atoms with van der Waals surface area (Å²) in [5, 5.41) is 9.65. The maximum Gasteiger partial charge on any atom is 0.326 e. The second-order valence-corrected chi connectivity index (χ2v) is 5.53. The highest BCUT2D eigenvalue weighted by Crippen LogP contribution is 2.31. The third-order valence-electron chi connectivity index (χ3n) is 3.74. The second kappa shape index (κ2) is 5.71. The number of carboxylic acid groups (broad SMARTS) is 1. The summed E-state index contributed by atoms with van der Waals surface area (Å²) in [7, 11) is 0. The summed E-state index contributed by atoms with van der Waals surface area (Å²) in [5.74, 6) is -1.37. The van der Waals surface area contributed by atoms with E-state index in [4.69, 9.17) is 17.3 Å². The Hall–Kier alpha value is -1.75. The van der Waals surface area contributed by atoms with Gasteiger partial charge in [0.25, 0.3) is 0 Å². The summed E-state index contributed by atoms with van der Waals surface area (Å²) in [6, 6.07) is 4.27. The molecule has 20 heavy (non-hydrogen) atoms. The van der Waals surface area contributed by atoms with Gasteiger partial charge in [0.05, 0.1) is 10.6 Å². The molecule has 1 amide bonds. The van der Waals surface area contributed by atoms with Crippen molar-refractivity contribution in [1.29, 1.82) is 0 Å². The molecule has 0 bridgehead atoms. The molecule has 6 heteroatoms.